The molecule has 0 saturated carbocycles. The molecule has 0 amide bonds. The molecule has 0 bridgehead atoms. The summed E-state index contributed by atoms with van der Waals surface area (Å²) in [5.74, 6) is 0. The van der Waals surface area contributed by atoms with Crippen molar-refractivity contribution in [2.45, 2.75) is 24.5 Å². The van der Waals surface area contributed by atoms with E-state index in [2.05, 4.69) is 23.9 Å². The van der Waals surface area contributed by atoms with Gasteiger partial charge in [-0.1, -0.05) is 0 Å². The molecule has 2 aliphatic rings. The lowest BCUT2D eigenvalue weighted by molar-refractivity contribution is 0.244. The number of likely N-dealkylation sites (tertiary alicyclic amines) is 1. The number of aliphatic imine (C=N–C) groups is 1. The minimum Gasteiger partial charge on any atom is -0.306 e. The smallest absolute Gasteiger partial charge is 0.0651 e. The number of hydrogen-bond acceptors (Lipinski definition) is 3. The Balaban J connectivity index is 1.97. The van der Waals surface area contributed by atoms with Gasteiger partial charge in [-0.25, -0.2) is 0 Å². The first-order valence-electron chi connectivity index (χ1n) is 4.59. The second-order valence-electron chi connectivity index (χ2n) is 3.92. The van der Waals surface area contributed by atoms with Crippen LogP contribution in [0.4, 0.5) is 0 Å². The molecule has 0 aromatic carbocycles. The van der Waals surface area contributed by atoms with Crippen molar-refractivity contribution >= 4 is 16.8 Å². The molecule has 0 radical (unpaired) electrons. The molecule has 0 N–H and O–H groups in total. The van der Waals surface area contributed by atoms with Crippen LogP contribution in [0.25, 0.3) is 0 Å². The maximum Gasteiger partial charge on any atom is 0.0651 e. The molecule has 2 heterocycles. The second-order valence-corrected chi connectivity index (χ2v) is 5.58. The van der Waals surface area contributed by atoms with Crippen LogP contribution in [-0.4, -0.2) is 41.4 Å². The monoisotopic (exact) mass is 184 g/mol. The molecule has 1 spiro atoms. The first kappa shape index (κ1) is 8.57. The minimum atomic E-state index is 0.497. The number of rotatable bonds is 0. The van der Waals surface area contributed by atoms with Gasteiger partial charge in [-0.05, 0) is 39.9 Å². The van der Waals surface area contributed by atoms with Crippen LogP contribution in [0.1, 0.15) is 19.8 Å². The summed E-state index contributed by atoms with van der Waals surface area (Å²) in [6, 6.07) is 0. The number of hydrogen-bond donors (Lipinski definition) is 0. The summed E-state index contributed by atoms with van der Waals surface area (Å²) in [7, 11) is 2.21. The van der Waals surface area contributed by atoms with E-state index in [0.717, 1.165) is 6.54 Å². The van der Waals surface area contributed by atoms with Gasteiger partial charge in [0, 0.05) is 4.75 Å². The molecular formula is C9H16N2S. The number of nitrogens with zero attached hydrogens (tertiary/aromatic N) is 2. The van der Waals surface area contributed by atoms with Crippen LogP contribution in [0, 0.1) is 0 Å². The molecule has 1 saturated heterocycles. The molecule has 0 aliphatic carbocycles. The number of thioether (sulfide) groups is 1. The van der Waals surface area contributed by atoms with Crippen molar-refractivity contribution in [3.63, 3.8) is 0 Å². The zero-order valence-corrected chi connectivity index (χ0v) is 8.65. The molecule has 12 heavy (non-hydrogen) atoms. The highest BCUT2D eigenvalue weighted by Crippen LogP contribution is 2.40. The summed E-state index contributed by atoms with van der Waals surface area (Å²) in [6.45, 7) is 5.70. The summed E-state index contributed by atoms with van der Waals surface area (Å²) < 4.78 is 0.497. The first-order chi connectivity index (χ1) is 5.70. The highest BCUT2D eigenvalue weighted by Gasteiger charge is 2.37. The van der Waals surface area contributed by atoms with Crippen molar-refractivity contribution in [2.24, 2.45) is 4.99 Å². The normalized spacial score (nSPS) is 29.3. The number of piperidine rings is 1. The van der Waals surface area contributed by atoms with Crippen LogP contribution >= 0.6 is 11.8 Å². The van der Waals surface area contributed by atoms with Crippen molar-refractivity contribution in [3.05, 3.63) is 0 Å². The quantitative estimate of drug-likeness (QED) is 0.568. The molecule has 0 atom stereocenters. The van der Waals surface area contributed by atoms with Crippen LogP contribution in [0.15, 0.2) is 4.99 Å². The standard InChI is InChI=1S/C9H16N2S/c1-8-10-7-9(12-8)3-5-11(2)6-4-9/h3-7H2,1-2H3. The van der Waals surface area contributed by atoms with Gasteiger partial charge < -0.3 is 4.90 Å². The fourth-order valence-electron chi connectivity index (χ4n) is 1.92. The molecule has 68 valence electrons. The summed E-state index contributed by atoms with van der Waals surface area (Å²) in [5.41, 5.74) is 0. The summed E-state index contributed by atoms with van der Waals surface area (Å²) in [5, 5.41) is 1.29. The van der Waals surface area contributed by atoms with Crippen molar-refractivity contribution in [3.8, 4) is 0 Å². The van der Waals surface area contributed by atoms with Gasteiger partial charge in [0.2, 0.25) is 0 Å². The first-order valence-corrected chi connectivity index (χ1v) is 5.40. The maximum atomic E-state index is 4.50. The molecule has 0 aromatic rings. The fraction of sp³-hybridized carbons (Fsp3) is 0.889. The van der Waals surface area contributed by atoms with E-state index < -0.39 is 0 Å². The van der Waals surface area contributed by atoms with Gasteiger partial charge >= 0.3 is 0 Å². The molecule has 0 unspecified atom stereocenters. The lowest BCUT2D eigenvalue weighted by Gasteiger charge is -2.36. The Morgan fingerprint density at radius 2 is 2.08 bits per heavy atom. The predicted octanol–water partition coefficient (Wildman–Crippen LogP) is 1.62. The van der Waals surface area contributed by atoms with E-state index in [9.17, 15) is 0 Å². The minimum absolute atomic E-state index is 0.497. The van der Waals surface area contributed by atoms with Gasteiger partial charge in [0.15, 0.2) is 0 Å². The zero-order valence-electron chi connectivity index (χ0n) is 7.84. The van der Waals surface area contributed by atoms with E-state index in [1.807, 2.05) is 11.8 Å². The van der Waals surface area contributed by atoms with E-state index in [0.29, 0.717) is 4.75 Å². The van der Waals surface area contributed by atoms with Crippen LogP contribution in [-0.2, 0) is 0 Å². The average molecular weight is 184 g/mol. The molecule has 1 fully saturated rings. The van der Waals surface area contributed by atoms with Crippen LogP contribution < -0.4 is 0 Å². The molecule has 3 heteroatoms. The van der Waals surface area contributed by atoms with Gasteiger partial charge in [-0.3, -0.25) is 4.99 Å². The second kappa shape index (κ2) is 3.04. The molecule has 2 rings (SSSR count). The lowest BCUT2D eigenvalue weighted by atomic mass is 9.96. The predicted molar refractivity (Wildman–Crippen MR) is 55.0 cm³/mol. The molecule has 2 aliphatic heterocycles. The van der Waals surface area contributed by atoms with E-state index in [4.69, 9.17) is 0 Å². The van der Waals surface area contributed by atoms with E-state index in [1.54, 1.807) is 0 Å². The average Bonchev–Trinajstić information content (AvgIpc) is 2.40. The van der Waals surface area contributed by atoms with Gasteiger partial charge in [-0.2, -0.15) is 0 Å². The van der Waals surface area contributed by atoms with E-state index in [-0.39, 0.29) is 0 Å². The van der Waals surface area contributed by atoms with Gasteiger partial charge in [0.05, 0.1) is 11.6 Å². The van der Waals surface area contributed by atoms with Crippen LogP contribution in [0.5, 0.6) is 0 Å². The summed E-state index contributed by atoms with van der Waals surface area (Å²) >= 11 is 2.01. The third kappa shape index (κ3) is 1.52. The molecule has 0 aromatic heterocycles. The third-order valence-corrected chi connectivity index (χ3v) is 4.25. The summed E-state index contributed by atoms with van der Waals surface area (Å²) in [4.78, 5) is 6.92. The van der Waals surface area contributed by atoms with E-state index in [1.165, 1.54) is 31.0 Å². The zero-order chi connectivity index (χ0) is 8.60. The Hall–Kier alpha value is -0.0200. The Morgan fingerprint density at radius 3 is 2.58 bits per heavy atom. The lowest BCUT2D eigenvalue weighted by Crippen LogP contribution is -2.41. The van der Waals surface area contributed by atoms with Crippen molar-refractivity contribution in [2.75, 3.05) is 26.7 Å². The fourth-order valence-corrected chi connectivity index (χ4v) is 3.19. The van der Waals surface area contributed by atoms with Gasteiger partial charge in [0.1, 0.15) is 0 Å². The van der Waals surface area contributed by atoms with Crippen LogP contribution in [0.3, 0.4) is 0 Å². The van der Waals surface area contributed by atoms with Crippen LogP contribution in [0.2, 0.25) is 0 Å². The Kier molecular flexibility index (Phi) is 2.17. The van der Waals surface area contributed by atoms with Crippen molar-refractivity contribution < 1.29 is 0 Å². The topological polar surface area (TPSA) is 15.6 Å². The van der Waals surface area contributed by atoms with Gasteiger partial charge in [-0.15, -0.1) is 11.8 Å². The summed E-state index contributed by atoms with van der Waals surface area (Å²) in [6.07, 6.45) is 2.63. The third-order valence-electron chi connectivity index (χ3n) is 2.85. The molecular weight excluding hydrogens is 168 g/mol. The molecule has 2 nitrogen and oxygen atoms in total. The van der Waals surface area contributed by atoms with Gasteiger partial charge in [0.25, 0.3) is 0 Å². The highest BCUT2D eigenvalue weighted by atomic mass is 32.2. The Bertz CT molecular complexity index is 205. The SMILES string of the molecule is CC1=NCC2(CCN(C)CC2)S1. The van der Waals surface area contributed by atoms with E-state index >= 15 is 0 Å². The van der Waals surface area contributed by atoms with Crippen molar-refractivity contribution in [1.29, 1.82) is 0 Å². The Morgan fingerprint density at radius 1 is 1.42 bits per heavy atom. The maximum absolute atomic E-state index is 4.50. The highest BCUT2D eigenvalue weighted by molar-refractivity contribution is 8.15. The Labute approximate surface area is 78.4 Å². The van der Waals surface area contributed by atoms with Crippen molar-refractivity contribution in [1.82, 2.24) is 4.90 Å². The largest absolute Gasteiger partial charge is 0.306 e.